The van der Waals surface area contributed by atoms with Gasteiger partial charge in [0.25, 0.3) is 5.91 Å². The maximum Gasteiger partial charge on any atom is 0.267 e. The van der Waals surface area contributed by atoms with Gasteiger partial charge in [-0.2, -0.15) is 0 Å². The summed E-state index contributed by atoms with van der Waals surface area (Å²) in [4.78, 5) is 18.4. The third-order valence-corrected chi connectivity index (χ3v) is 4.81. The molecule has 0 unspecified atom stereocenters. The van der Waals surface area contributed by atoms with Gasteiger partial charge in [0, 0.05) is 22.8 Å². The third-order valence-electron chi connectivity index (χ3n) is 3.69. The number of aromatic nitrogens is 1. The summed E-state index contributed by atoms with van der Waals surface area (Å²) < 4.78 is 5.17. The van der Waals surface area contributed by atoms with Crippen molar-refractivity contribution in [1.29, 1.82) is 0 Å². The first-order valence-electron chi connectivity index (χ1n) is 7.75. The Morgan fingerprint density at radius 2 is 2.17 bits per heavy atom. The van der Waals surface area contributed by atoms with Crippen LogP contribution in [-0.2, 0) is 6.42 Å². The van der Waals surface area contributed by atoms with Crippen LogP contribution < -0.4 is 15.8 Å². The molecular weight excluding hydrogens is 322 g/mol. The van der Waals surface area contributed by atoms with E-state index in [4.69, 9.17) is 10.5 Å². The molecule has 0 atom stereocenters. The van der Waals surface area contributed by atoms with Crippen LogP contribution in [0.1, 0.15) is 28.7 Å². The number of carbonyl (C=O) groups excluding carboxylic acids is 1. The van der Waals surface area contributed by atoms with Gasteiger partial charge in [-0.3, -0.25) is 4.79 Å². The van der Waals surface area contributed by atoms with E-state index in [1.165, 1.54) is 11.3 Å². The highest BCUT2D eigenvalue weighted by atomic mass is 32.1. The van der Waals surface area contributed by atoms with Crippen LogP contribution in [0, 0.1) is 0 Å². The topological polar surface area (TPSA) is 77.2 Å². The Labute approximate surface area is 144 Å². The molecule has 0 aliphatic heterocycles. The zero-order chi connectivity index (χ0) is 17.1. The Morgan fingerprint density at radius 3 is 2.92 bits per heavy atom. The van der Waals surface area contributed by atoms with Gasteiger partial charge in [0.15, 0.2) is 0 Å². The number of ether oxygens (including phenoxy) is 1. The van der Waals surface area contributed by atoms with Crippen LogP contribution >= 0.6 is 11.3 Å². The molecule has 0 spiro atoms. The summed E-state index contributed by atoms with van der Waals surface area (Å²) in [5.41, 5.74) is 8.32. The summed E-state index contributed by atoms with van der Waals surface area (Å²) >= 11 is 1.32. The number of nitrogens with one attached hydrogen (secondary N) is 1. The van der Waals surface area contributed by atoms with Crippen molar-refractivity contribution in [2.45, 2.75) is 19.8 Å². The molecule has 3 rings (SSSR count). The first-order valence-corrected chi connectivity index (χ1v) is 8.57. The van der Waals surface area contributed by atoms with Crippen LogP contribution in [0.3, 0.4) is 0 Å². The second-order valence-corrected chi connectivity index (χ2v) is 6.44. The molecule has 0 radical (unpaired) electrons. The minimum absolute atomic E-state index is 0.235. The highest BCUT2D eigenvalue weighted by molar-refractivity contribution is 7.21. The first kappa shape index (κ1) is 16.3. The fraction of sp³-hybridized carbons (Fsp3) is 0.222. The van der Waals surface area contributed by atoms with Gasteiger partial charge in [0.05, 0.1) is 12.8 Å². The van der Waals surface area contributed by atoms with Gasteiger partial charge in [-0.1, -0.05) is 19.4 Å². The van der Waals surface area contributed by atoms with E-state index < -0.39 is 0 Å². The maximum absolute atomic E-state index is 12.6. The van der Waals surface area contributed by atoms with Crippen LogP contribution in [0.5, 0.6) is 5.75 Å². The number of aryl methyl sites for hydroxylation is 1. The van der Waals surface area contributed by atoms with Gasteiger partial charge in [-0.15, -0.1) is 11.3 Å². The van der Waals surface area contributed by atoms with Gasteiger partial charge >= 0.3 is 0 Å². The molecular formula is C18H19N3O2S. The Kier molecular flexibility index (Phi) is 4.66. The molecule has 2 heterocycles. The third kappa shape index (κ3) is 3.19. The standard InChI is InChI=1S/C18H19N3O2S/c1-3-5-11-8-9-14-15(19)16(24-18(14)21-11)17(22)20-12-6-4-7-13(10-12)23-2/h4,6-10H,3,5,19H2,1-2H3,(H,20,22). The van der Waals surface area contributed by atoms with Crippen LogP contribution in [-0.4, -0.2) is 18.0 Å². The predicted molar refractivity (Wildman–Crippen MR) is 99.0 cm³/mol. The number of hydrogen-bond acceptors (Lipinski definition) is 5. The van der Waals surface area contributed by atoms with Crippen LogP contribution in [0.2, 0.25) is 0 Å². The normalized spacial score (nSPS) is 10.8. The lowest BCUT2D eigenvalue weighted by molar-refractivity contribution is 0.103. The molecule has 0 bridgehead atoms. The fourth-order valence-corrected chi connectivity index (χ4v) is 3.50. The van der Waals surface area contributed by atoms with Crippen molar-refractivity contribution in [1.82, 2.24) is 4.98 Å². The Bertz CT molecular complexity index is 889. The van der Waals surface area contributed by atoms with Gasteiger partial charge in [-0.05, 0) is 30.7 Å². The lowest BCUT2D eigenvalue weighted by Gasteiger charge is -2.06. The number of rotatable bonds is 5. The number of nitrogen functional groups attached to an aromatic ring is 1. The summed E-state index contributed by atoms with van der Waals surface area (Å²) in [7, 11) is 1.59. The number of fused-ring (bicyclic) bond motifs is 1. The second-order valence-electron chi connectivity index (χ2n) is 5.44. The van der Waals surface area contributed by atoms with Crippen LogP contribution in [0.15, 0.2) is 36.4 Å². The molecule has 3 aromatic rings. The zero-order valence-corrected chi connectivity index (χ0v) is 14.4. The number of carbonyl (C=O) groups is 1. The van der Waals surface area contributed by atoms with E-state index in [1.54, 1.807) is 13.2 Å². The molecule has 6 heteroatoms. The number of nitrogens with two attached hydrogens (primary N) is 1. The lowest BCUT2D eigenvalue weighted by atomic mass is 10.2. The predicted octanol–water partition coefficient (Wildman–Crippen LogP) is 4.09. The molecule has 0 fully saturated rings. The van der Waals surface area contributed by atoms with Gasteiger partial charge in [0.2, 0.25) is 0 Å². The molecule has 0 saturated heterocycles. The van der Waals surface area contributed by atoms with Crippen molar-refractivity contribution in [3.8, 4) is 5.75 Å². The summed E-state index contributed by atoms with van der Waals surface area (Å²) in [6.07, 6.45) is 1.95. The SMILES string of the molecule is CCCc1ccc2c(N)c(C(=O)Nc3cccc(OC)c3)sc2n1. The number of nitrogens with zero attached hydrogens (tertiary/aromatic N) is 1. The average Bonchev–Trinajstić information content (AvgIpc) is 2.92. The molecule has 0 aliphatic carbocycles. The van der Waals surface area contributed by atoms with Crippen LogP contribution in [0.4, 0.5) is 11.4 Å². The second kappa shape index (κ2) is 6.88. The highest BCUT2D eigenvalue weighted by Gasteiger charge is 2.17. The highest BCUT2D eigenvalue weighted by Crippen LogP contribution is 2.33. The molecule has 3 N–H and O–H groups in total. The smallest absolute Gasteiger partial charge is 0.267 e. The van der Waals surface area contributed by atoms with Gasteiger partial charge in [0.1, 0.15) is 15.5 Å². The van der Waals surface area contributed by atoms with Gasteiger partial charge < -0.3 is 15.8 Å². The molecule has 24 heavy (non-hydrogen) atoms. The maximum atomic E-state index is 12.6. The molecule has 1 amide bonds. The average molecular weight is 341 g/mol. The number of methoxy groups -OCH3 is 1. The zero-order valence-electron chi connectivity index (χ0n) is 13.6. The molecule has 2 aromatic heterocycles. The largest absolute Gasteiger partial charge is 0.497 e. The van der Waals surface area contributed by atoms with Crippen molar-refractivity contribution in [3.63, 3.8) is 0 Å². The number of hydrogen-bond donors (Lipinski definition) is 2. The molecule has 5 nitrogen and oxygen atoms in total. The van der Waals surface area contributed by atoms with E-state index in [-0.39, 0.29) is 5.91 Å². The number of anilines is 2. The minimum atomic E-state index is -0.235. The molecule has 1 aromatic carbocycles. The van der Waals surface area contributed by atoms with Crippen molar-refractivity contribution in [2.24, 2.45) is 0 Å². The van der Waals surface area contributed by atoms with Crippen molar-refractivity contribution in [2.75, 3.05) is 18.2 Å². The monoisotopic (exact) mass is 341 g/mol. The Hall–Kier alpha value is -2.60. The first-order chi connectivity index (χ1) is 11.6. The Morgan fingerprint density at radius 1 is 1.33 bits per heavy atom. The van der Waals surface area contributed by atoms with Crippen LogP contribution in [0.25, 0.3) is 10.2 Å². The van der Waals surface area contributed by atoms with Crippen molar-refractivity contribution in [3.05, 3.63) is 47.0 Å². The van der Waals surface area contributed by atoms with E-state index >= 15 is 0 Å². The summed E-state index contributed by atoms with van der Waals surface area (Å²) in [5, 5.41) is 3.69. The number of thiophene rings is 1. The summed E-state index contributed by atoms with van der Waals surface area (Å²) in [6, 6.07) is 11.1. The summed E-state index contributed by atoms with van der Waals surface area (Å²) in [5.74, 6) is 0.448. The molecule has 124 valence electrons. The van der Waals surface area contributed by atoms with Gasteiger partial charge in [-0.25, -0.2) is 4.98 Å². The molecule has 0 saturated carbocycles. The lowest BCUT2D eigenvalue weighted by Crippen LogP contribution is -2.11. The van der Waals surface area contributed by atoms with E-state index in [9.17, 15) is 4.79 Å². The molecule has 0 aliphatic rings. The van der Waals surface area contributed by atoms with E-state index in [1.807, 2.05) is 30.3 Å². The quantitative estimate of drug-likeness (QED) is 0.733. The van der Waals surface area contributed by atoms with E-state index in [0.717, 1.165) is 28.8 Å². The van der Waals surface area contributed by atoms with Crippen molar-refractivity contribution < 1.29 is 9.53 Å². The minimum Gasteiger partial charge on any atom is -0.497 e. The Balaban J connectivity index is 1.90. The number of benzene rings is 1. The van der Waals surface area contributed by atoms with Crippen molar-refractivity contribution >= 4 is 38.8 Å². The number of amides is 1. The fourth-order valence-electron chi connectivity index (χ4n) is 2.49. The summed E-state index contributed by atoms with van der Waals surface area (Å²) in [6.45, 7) is 2.11. The van der Waals surface area contributed by atoms with E-state index in [2.05, 4.69) is 17.2 Å². The van der Waals surface area contributed by atoms with E-state index in [0.29, 0.717) is 22.0 Å². The number of pyridine rings is 1.